The second-order valence-corrected chi connectivity index (χ2v) is 6.69. The van der Waals surface area contributed by atoms with Gasteiger partial charge in [0.25, 0.3) is 0 Å². The zero-order chi connectivity index (χ0) is 14.6. The van der Waals surface area contributed by atoms with Crippen LogP contribution >= 0.6 is 0 Å². The van der Waals surface area contributed by atoms with E-state index in [-0.39, 0.29) is 12.0 Å². The molecule has 0 bridgehead atoms. The third kappa shape index (κ3) is 9.45. The van der Waals surface area contributed by atoms with Crippen molar-refractivity contribution in [3.8, 4) is 0 Å². The van der Waals surface area contributed by atoms with Gasteiger partial charge in [-0.15, -0.1) is 0 Å². The third-order valence-corrected chi connectivity index (χ3v) is 4.17. The summed E-state index contributed by atoms with van der Waals surface area (Å²) in [6.07, 6.45) is 12.9. The lowest BCUT2D eigenvalue weighted by Gasteiger charge is -2.32. The first kappa shape index (κ1) is 18.9. The van der Waals surface area contributed by atoms with E-state index in [4.69, 9.17) is 5.73 Å². The molecule has 0 radical (unpaired) electrons. The summed E-state index contributed by atoms with van der Waals surface area (Å²) in [6.45, 7) is 7.56. The van der Waals surface area contributed by atoms with Gasteiger partial charge in [-0.1, -0.05) is 72.1 Å². The molecule has 116 valence electrons. The Balaban J connectivity index is 3.70. The number of hydrogen-bond acceptors (Lipinski definition) is 2. The first-order valence-corrected chi connectivity index (χ1v) is 8.41. The maximum Gasteiger partial charge on any atom is 0.0499 e. The quantitative estimate of drug-likeness (QED) is 0.484. The molecule has 0 spiro atoms. The molecule has 1 atom stereocenters. The van der Waals surface area contributed by atoms with Crippen LogP contribution in [0.4, 0.5) is 0 Å². The van der Waals surface area contributed by atoms with E-state index in [2.05, 4.69) is 20.8 Å². The van der Waals surface area contributed by atoms with Crippen molar-refractivity contribution in [2.24, 2.45) is 17.1 Å². The minimum absolute atomic E-state index is 0.0175. The Hall–Kier alpha value is -0.0800. The first-order chi connectivity index (χ1) is 9.10. The fourth-order valence-electron chi connectivity index (χ4n) is 3.00. The van der Waals surface area contributed by atoms with Gasteiger partial charge in [0.1, 0.15) is 0 Å². The van der Waals surface area contributed by atoms with Gasteiger partial charge in [0.05, 0.1) is 0 Å². The zero-order valence-corrected chi connectivity index (χ0v) is 13.6. The molecule has 2 heteroatoms. The van der Waals surface area contributed by atoms with Crippen LogP contribution in [0.1, 0.15) is 85.0 Å². The van der Waals surface area contributed by atoms with E-state index >= 15 is 0 Å². The van der Waals surface area contributed by atoms with Gasteiger partial charge in [-0.25, -0.2) is 0 Å². The Morgan fingerprint density at radius 1 is 0.947 bits per heavy atom. The van der Waals surface area contributed by atoms with E-state index in [9.17, 15) is 5.11 Å². The van der Waals surface area contributed by atoms with Crippen LogP contribution in [0, 0.1) is 11.3 Å². The second-order valence-electron chi connectivity index (χ2n) is 6.69. The van der Waals surface area contributed by atoms with Crippen molar-refractivity contribution in [3.63, 3.8) is 0 Å². The van der Waals surface area contributed by atoms with Crippen molar-refractivity contribution in [3.05, 3.63) is 0 Å². The summed E-state index contributed by atoms with van der Waals surface area (Å²) in [5.74, 6) is 0.616. The van der Waals surface area contributed by atoms with Gasteiger partial charge in [-0.05, 0) is 18.8 Å². The van der Waals surface area contributed by atoms with E-state index in [1.54, 1.807) is 0 Å². The highest BCUT2D eigenvalue weighted by Gasteiger charge is 2.28. The van der Waals surface area contributed by atoms with Crippen LogP contribution < -0.4 is 5.73 Å². The second kappa shape index (κ2) is 11.7. The standard InChI is InChI=1S/C17H37NO/c1-4-5-6-7-8-9-10-11-12-17(14-18,15-19)13-16(2)3/h16,19H,4-15,18H2,1-3H3. The fourth-order valence-corrected chi connectivity index (χ4v) is 3.00. The summed E-state index contributed by atoms with van der Waals surface area (Å²) < 4.78 is 0. The molecule has 0 aliphatic carbocycles. The Morgan fingerprint density at radius 3 is 1.89 bits per heavy atom. The predicted octanol–water partition coefficient (Wildman–Crippen LogP) is 4.50. The molecular weight excluding hydrogens is 234 g/mol. The molecule has 0 aromatic rings. The fraction of sp³-hybridized carbons (Fsp3) is 1.00. The number of hydrogen-bond donors (Lipinski definition) is 2. The zero-order valence-electron chi connectivity index (χ0n) is 13.6. The van der Waals surface area contributed by atoms with Gasteiger partial charge in [0.2, 0.25) is 0 Å². The molecule has 0 aliphatic heterocycles. The molecule has 0 aromatic carbocycles. The number of unbranched alkanes of at least 4 members (excludes halogenated alkanes) is 7. The van der Waals surface area contributed by atoms with Crippen LogP contribution in [0.15, 0.2) is 0 Å². The van der Waals surface area contributed by atoms with Gasteiger partial charge >= 0.3 is 0 Å². The van der Waals surface area contributed by atoms with Gasteiger partial charge in [-0.3, -0.25) is 0 Å². The average Bonchev–Trinajstić information content (AvgIpc) is 2.40. The van der Waals surface area contributed by atoms with Crippen molar-refractivity contribution < 1.29 is 5.11 Å². The number of aliphatic hydroxyl groups excluding tert-OH is 1. The van der Waals surface area contributed by atoms with E-state index in [1.165, 1.54) is 51.4 Å². The largest absolute Gasteiger partial charge is 0.396 e. The Kier molecular flexibility index (Phi) is 11.7. The number of nitrogens with two attached hydrogens (primary N) is 1. The van der Waals surface area contributed by atoms with Gasteiger partial charge < -0.3 is 10.8 Å². The molecule has 2 nitrogen and oxygen atoms in total. The molecule has 0 aliphatic rings. The first-order valence-electron chi connectivity index (χ1n) is 8.41. The predicted molar refractivity (Wildman–Crippen MR) is 85.3 cm³/mol. The molecule has 0 aromatic heterocycles. The van der Waals surface area contributed by atoms with Crippen molar-refractivity contribution in [2.75, 3.05) is 13.2 Å². The average molecular weight is 271 g/mol. The molecule has 0 amide bonds. The maximum absolute atomic E-state index is 9.65. The summed E-state index contributed by atoms with van der Waals surface area (Å²) >= 11 is 0. The molecule has 3 N–H and O–H groups in total. The van der Waals surface area contributed by atoms with Crippen LogP contribution in [0.2, 0.25) is 0 Å². The highest BCUT2D eigenvalue weighted by atomic mass is 16.3. The maximum atomic E-state index is 9.65. The molecule has 0 saturated carbocycles. The third-order valence-electron chi connectivity index (χ3n) is 4.17. The van der Waals surface area contributed by atoms with Gasteiger partial charge in [0, 0.05) is 18.6 Å². The number of rotatable bonds is 13. The highest BCUT2D eigenvalue weighted by Crippen LogP contribution is 2.31. The van der Waals surface area contributed by atoms with Crippen molar-refractivity contribution in [2.45, 2.75) is 85.0 Å². The topological polar surface area (TPSA) is 46.2 Å². The smallest absolute Gasteiger partial charge is 0.0499 e. The van der Waals surface area contributed by atoms with Crippen LogP contribution in [-0.4, -0.2) is 18.3 Å². The minimum atomic E-state index is -0.0175. The Morgan fingerprint density at radius 2 is 1.47 bits per heavy atom. The van der Waals surface area contributed by atoms with E-state index < -0.39 is 0 Å². The normalized spacial score (nSPS) is 14.8. The lowest BCUT2D eigenvalue weighted by atomic mass is 9.76. The SMILES string of the molecule is CCCCCCCCCCC(CN)(CO)CC(C)C. The summed E-state index contributed by atoms with van der Waals surface area (Å²) in [7, 11) is 0. The molecule has 19 heavy (non-hydrogen) atoms. The Labute approximate surface area is 121 Å². The van der Waals surface area contributed by atoms with Crippen molar-refractivity contribution in [1.82, 2.24) is 0 Å². The van der Waals surface area contributed by atoms with Crippen LogP contribution in [-0.2, 0) is 0 Å². The summed E-state index contributed by atoms with van der Waals surface area (Å²) in [6, 6.07) is 0. The van der Waals surface area contributed by atoms with Crippen LogP contribution in [0.25, 0.3) is 0 Å². The molecule has 0 saturated heterocycles. The highest BCUT2D eigenvalue weighted by molar-refractivity contribution is 4.80. The monoisotopic (exact) mass is 271 g/mol. The Bertz CT molecular complexity index is 188. The molecule has 0 rings (SSSR count). The van der Waals surface area contributed by atoms with Crippen LogP contribution in [0.5, 0.6) is 0 Å². The molecule has 0 fully saturated rings. The molecular formula is C17H37NO. The summed E-state index contributed by atoms with van der Waals surface area (Å²) in [4.78, 5) is 0. The summed E-state index contributed by atoms with van der Waals surface area (Å²) in [5.41, 5.74) is 5.88. The lowest BCUT2D eigenvalue weighted by Crippen LogP contribution is -2.35. The van der Waals surface area contributed by atoms with E-state index in [0.29, 0.717) is 12.5 Å². The van der Waals surface area contributed by atoms with Crippen molar-refractivity contribution in [1.29, 1.82) is 0 Å². The lowest BCUT2D eigenvalue weighted by molar-refractivity contribution is 0.0956. The van der Waals surface area contributed by atoms with Gasteiger partial charge in [-0.2, -0.15) is 0 Å². The minimum Gasteiger partial charge on any atom is -0.396 e. The van der Waals surface area contributed by atoms with Crippen LogP contribution in [0.3, 0.4) is 0 Å². The van der Waals surface area contributed by atoms with E-state index in [0.717, 1.165) is 12.8 Å². The molecule has 1 unspecified atom stereocenters. The summed E-state index contributed by atoms with van der Waals surface area (Å²) in [5, 5.41) is 9.65. The van der Waals surface area contributed by atoms with Gasteiger partial charge in [0.15, 0.2) is 0 Å². The van der Waals surface area contributed by atoms with E-state index in [1.807, 2.05) is 0 Å². The van der Waals surface area contributed by atoms with Crippen molar-refractivity contribution >= 4 is 0 Å². The number of aliphatic hydroxyl groups is 1. The molecule has 0 heterocycles.